The van der Waals surface area contributed by atoms with E-state index in [0.717, 1.165) is 25.3 Å². The number of fused-ring (bicyclic) bond motifs is 2. The standard InChI is InChI=1S/C22H30N4O3Si/c1-14(27)22-16-7-8-23-12-19(16)25(24-22)13-21(29)26-17-10-15(17)11-18(26)20(28)6-5-9-30(2,3)4/h7-8,12,15,17-18H,5-6,9-11,13H2,1-4H3/t15-,17-,18+/m1/s1. The number of amides is 1. The Bertz CT molecular complexity index is 1010. The van der Waals surface area contributed by atoms with E-state index in [-0.39, 0.29) is 36.1 Å². The minimum Gasteiger partial charge on any atom is -0.328 e. The largest absolute Gasteiger partial charge is 0.328 e. The van der Waals surface area contributed by atoms with E-state index in [1.807, 2.05) is 4.90 Å². The van der Waals surface area contributed by atoms with E-state index in [2.05, 4.69) is 29.7 Å². The Morgan fingerprint density at radius 1 is 1.20 bits per heavy atom. The Balaban J connectivity index is 1.49. The van der Waals surface area contributed by atoms with Crippen molar-refractivity contribution in [2.24, 2.45) is 5.92 Å². The summed E-state index contributed by atoms with van der Waals surface area (Å²) in [5.41, 5.74) is 1.02. The lowest BCUT2D eigenvalue weighted by atomic mass is 10.0. The first kappa shape index (κ1) is 20.9. The summed E-state index contributed by atoms with van der Waals surface area (Å²) in [4.78, 5) is 44.0. The summed E-state index contributed by atoms with van der Waals surface area (Å²) in [6.45, 7) is 8.44. The summed E-state index contributed by atoms with van der Waals surface area (Å²) >= 11 is 0. The van der Waals surface area contributed by atoms with E-state index in [1.165, 1.54) is 6.92 Å². The van der Waals surface area contributed by atoms with Gasteiger partial charge in [0.05, 0.1) is 17.8 Å². The van der Waals surface area contributed by atoms with Crippen molar-refractivity contribution in [1.82, 2.24) is 19.7 Å². The highest BCUT2D eigenvalue weighted by Crippen LogP contribution is 2.48. The van der Waals surface area contributed by atoms with Crippen molar-refractivity contribution >= 4 is 36.5 Å². The Hall–Kier alpha value is -2.35. The summed E-state index contributed by atoms with van der Waals surface area (Å²) in [6, 6.07) is 2.77. The van der Waals surface area contributed by atoms with Crippen molar-refractivity contribution in [3.8, 4) is 0 Å². The molecule has 30 heavy (non-hydrogen) atoms. The SMILES string of the molecule is CC(=O)c1nn(CC(=O)N2[C@@H]3C[C@@H]3C[C@H]2C(=O)CCC[Si](C)(C)C)c2cnccc12. The minimum atomic E-state index is -1.17. The number of piperidine rings is 1. The van der Waals surface area contributed by atoms with Gasteiger partial charge in [-0.2, -0.15) is 5.10 Å². The third kappa shape index (κ3) is 4.10. The normalized spacial score (nSPS) is 22.9. The molecule has 0 N–H and O–H groups in total. The number of likely N-dealkylation sites (tertiary alicyclic amines) is 1. The van der Waals surface area contributed by atoms with Crippen LogP contribution in [0.25, 0.3) is 10.9 Å². The first-order chi connectivity index (χ1) is 14.2. The van der Waals surface area contributed by atoms with E-state index in [0.29, 0.717) is 28.9 Å². The molecule has 3 atom stereocenters. The highest BCUT2D eigenvalue weighted by molar-refractivity contribution is 6.76. The topological polar surface area (TPSA) is 85.2 Å². The number of carbonyl (C=O) groups is 3. The number of hydrogen-bond donors (Lipinski definition) is 0. The van der Waals surface area contributed by atoms with Gasteiger partial charge in [-0.05, 0) is 31.2 Å². The van der Waals surface area contributed by atoms with Gasteiger partial charge in [0.25, 0.3) is 0 Å². The van der Waals surface area contributed by atoms with Crippen molar-refractivity contribution in [1.29, 1.82) is 0 Å². The molecule has 4 rings (SSSR count). The summed E-state index contributed by atoms with van der Waals surface area (Å²) in [5.74, 6) is 0.428. The molecule has 0 radical (unpaired) electrons. The van der Waals surface area contributed by atoms with E-state index in [9.17, 15) is 14.4 Å². The number of nitrogens with zero attached hydrogens (tertiary/aromatic N) is 4. The Morgan fingerprint density at radius 3 is 2.67 bits per heavy atom. The zero-order valence-electron chi connectivity index (χ0n) is 18.2. The second-order valence-corrected chi connectivity index (χ2v) is 15.6. The first-order valence-electron chi connectivity index (χ1n) is 10.8. The van der Waals surface area contributed by atoms with Crippen LogP contribution in [0.1, 0.15) is 43.1 Å². The van der Waals surface area contributed by atoms with E-state index < -0.39 is 8.07 Å². The number of aromatic nitrogens is 3. The number of carbonyl (C=O) groups excluding carboxylic acids is 3. The first-order valence-corrected chi connectivity index (χ1v) is 14.5. The summed E-state index contributed by atoms with van der Waals surface area (Å²) in [5, 5.41) is 5.09. The Kier molecular flexibility index (Phi) is 5.38. The van der Waals surface area contributed by atoms with Crippen LogP contribution in [0.15, 0.2) is 18.5 Å². The van der Waals surface area contributed by atoms with Gasteiger partial charge in [-0.3, -0.25) is 24.0 Å². The fourth-order valence-corrected chi connectivity index (χ4v) is 5.91. The molecule has 2 fully saturated rings. The van der Waals surface area contributed by atoms with Crippen LogP contribution in [0.4, 0.5) is 0 Å². The third-order valence-electron chi connectivity index (χ3n) is 6.29. The molecule has 2 aromatic rings. The zero-order chi connectivity index (χ0) is 21.6. The number of rotatable bonds is 8. The van der Waals surface area contributed by atoms with Crippen LogP contribution in [-0.2, 0) is 16.1 Å². The second-order valence-electron chi connectivity index (χ2n) is 9.95. The molecule has 0 bridgehead atoms. The van der Waals surface area contributed by atoms with Crippen molar-refractivity contribution in [2.75, 3.05) is 0 Å². The summed E-state index contributed by atoms with van der Waals surface area (Å²) < 4.78 is 1.56. The molecule has 160 valence electrons. The number of pyridine rings is 1. The highest BCUT2D eigenvalue weighted by Gasteiger charge is 2.55. The fourth-order valence-electron chi connectivity index (χ4n) is 4.67. The van der Waals surface area contributed by atoms with Crippen LogP contribution in [0.2, 0.25) is 25.7 Å². The average molecular weight is 427 g/mol. The Morgan fingerprint density at radius 2 is 1.97 bits per heavy atom. The van der Waals surface area contributed by atoms with E-state index in [4.69, 9.17) is 0 Å². The van der Waals surface area contributed by atoms with Crippen LogP contribution >= 0.6 is 0 Å². The molecule has 1 saturated heterocycles. The molecule has 1 aliphatic carbocycles. The number of hydrogen-bond acceptors (Lipinski definition) is 5. The van der Waals surface area contributed by atoms with E-state index >= 15 is 0 Å². The van der Waals surface area contributed by atoms with Crippen LogP contribution in [0.5, 0.6) is 0 Å². The molecule has 3 heterocycles. The minimum absolute atomic E-state index is 0.0252. The predicted octanol–water partition coefficient (Wildman–Crippen LogP) is 3.31. The van der Waals surface area contributed by atoms with Gasteiger partial charge in [0.15, 0.2) is 11.6 Å². The van der Waals surface area contributed by atoms with Crippen LogP contribution in [-0.4, -0.2) is 57.3 Å². The monoisotopic (exact) mass is 426 g/mol. The molecular weight excluding hydrogens is 396 g/mol. The molecule has 1 saturated carbocycles. The van der Waals surface area contributed by atoms with Gasteiger partial charge in [0.2, 0.25) is 5.91 Å². The fraction of sp³-hybridized carbons (Fsp3) is 0.591. The zero-order valence-corrected chi connectivity index (χ0v) is 19.2. The van der Waals surface area contributed by atoms with Gasteiger partial charge in [-0.15, -0.1) is 0 Å². The Labute approximate surface area is 177 Å². The quantitative estimate of drug-likeness (QED) is 0.477. The number of Topliss-reactive ketones (excluding diaryl/α,β-unsaturated/α-hetero) is 2. The summed E-state index contributed by atoms with van der Waals surface area (Å²) in [7, 11) is -1.17. The maximum atomic E-state index is 13.2. The van der Waals surface area contributed by atoms with E-state index in [1.54, 1.807) is 23.1 Å². The maximum Gasteiger partial charge on any atom is 0.245 e. The van der Waals surface area contributed by atoms with Crippen molar-refractivity contribution in [3.63, 3.8) is 0 Å². The molecule has 2 aliphatic rings. The van der Waals surface area contributed by atoms with Gasteiger partial charge in [0, 0.05) is 39.0 Å². The number of ketones is 2. The molecular formula is C22H30N4O3Si. The lowest BCUT2D eigenvalue weighted by Crippen LogP contribution is -2.44. The highest BCUT2D eigenvalue weighted by atomic mass is 28.3. The smallest absolute Gasteiger partial charge is 0.245 e. The predicted molar refractivity (Wildman–Crippen MR) is 117 cm³/mol. The average Bonchev–Trinajstić information content (AvgIpc) is 3.17. The van der Waals surface area contributed by atoms with Crippen LogP contribution < -0.4 is 0 Å². The molecule has 1 aliphatic heterocycles. The van der Waals surface area contributed by atoms with Crippen LogP contribution in [0.3, 0.4) is 0 Å². The van der Waals surface area contributed by atoms with Crippen LogP contribution in [0, 0.1) is 5.92 Å². The van der Waals surface area contributed by atoms with Gasteiger partial charge in [0.1, 0.15) is 12.2 Å². The van der Waals surface area contributed by atoms with Gasteiger partial charge >= 0.3 is 0 Å². The van der Waals surface area contributed by atoms with Crippen molar-refractivity contribution in [2.45, 2.75) is 76.9 Å². The molecule has 2 aromatic heterocycles. The van der Waals surface area contributed by atoms with Gasteiger partial charge in [-0.25, -0.2) is 0 Å². The molecule has 0 unspecified atom stereocenters. The van der Waals surface area contributed by atoms with Gasteiger partial charge < -0.3 is 4.90 Å². The second kappa shape index (κ2) is 7.72. The van der Waals surface area contributed by atoms with Crippen molar-refractivity contribution < 1.29 is 14.4 Å². The lowest BCUT2D eigenvalue weighted by Gasteiger charge is -2.27. The van der Waals surface area contributed by atoms with Gasteiger partial charge in [-0.1, -0.05) is 25.7 Å². The molecule has 8 heteroatoms. The lowest BCUT2D eigenvalue weighted by molar-refractivity contribution is -0.139. The molecule has 0 spiro atoms. The molecule has 0 aromatic carbocycles. The molecule has 7 nitrogen and oxygen atoms in total. The molecule has 1 amide bonds. The maximum absolute atomic E-state index is 13.2. The third-order valence-corrected chi connectivity index (χ3v) is 8.14. The van der Waals surface area contributed by atoms with Crippen molar-refractivity contribution in [3.05, 3.63) is 24.2 Å². The summed E-state index contributed by atoms with van der Waals surface area (Å²) in [6.07, 6.45) is 6.51.